The minimum atomic E-state index is -0.0708. The number of nitrogens with one attached hydrogen (secondary N) is 1. The quantitative estimate of drug-likeness (QED) is 0.945. The molecule has 0 unspecified atom stereocenters. The molecular weight excluding hydrogens is 302 g/mol. The van der Waals surface area contributed by atoms with Crippen LogP contribution in [0.25, 0.3) is 11.3 Å². The van der Waals surface area contributed by atoms with Gasteiger partial charge in [0.2, 0.25) is 0 Å². The van der Waals surface area contributed by atoms with Crippen molar-refractivity contribution in [3.8, 4) is 11.3 Å². The molecule has 5 nitrogen and oxygen atoms in total. The van der Waals surface area contributed by atoms with E-state index in [2.05, 4.69) is 10.5 Å². The van der Waals surface area contributed by atoms with Gasteiger partial charge in [0.1, 0.15) is 0 Å². The first-order valence-corrected chi connectivity index (χ1v) is 7.74. The summed E-state index contributed by atoms with van der Waals surface area (Å²) in [4.78, 5) is 14.3. The first kappa shape index (κ1) is 15.1. The zero-order valence-corrected chi connectivity index (χ0v) is 13.1. The number of hydrogen-bond acceptors (Lipinski definition) is 4. The third-order valence-electron chi connectivity index (χ3n) is 4.05. The highest BCUT2D eigenvalue weighted by Gasteiger charge is 2.25. The maximum Gasteiger partial charge on any atom is 0.276 e. The zero-order valence-electron chi connectivity index (χ0n) is 12.4. The third-order valence-corrected chi connectivity index (χ3v) is 4.30. The Labute approximate surface area is 134 Å². The Bertz CT molecular complexity index is 646. The van der Waals surface area contributed by atoms with E-state index in [1.807, 2.05) is 24.1 Å². The van der Waals surface area contributed by atoms with Gasteiger partial charge in [-0.05, 0) is 44.2 Å². The highest BCUT2D eigenvalue weighted by Crippen LogP contribution is 2.23. The smallest absolute Gasteiger partial charge is 0.276 e. The topological polar surface area (TPSA) is 58.4 Å². The van der Waals surface area contributed by atoms with E-state index in [0.29, 0.717) is 22.5 Å². The van der Waals surface area contributed by atoms with Gasteiger partial charge in [0.25, 0.3) is 5.91 Å². The fourth-order valence-corrected chi connectivity index (χ4v) is 2.79. The second-order valence-corrected chi connectivity index (χ2v) is 5.87. The van der Waals surface area contributed by atoms with Gasteiger partial charge in [0.05, 0.1) is 0 Å². The van der Waals surface area contributed by atoms with Crippen LogP contribution in [0.15, 0.2) is 34.9 Å². The molecule has 0 aliphatic carbocycles. The van der Waals surface area contributed by atoms with Crippen LogP contribution < -0.4 is 5.32 Å². The predicted molar refractivity (Wildman–Crippen MR) is 84.9 cm³/mol. The predicted octanol–water partition coefficient (Wildman–Crippen LogP) is 2.82. The Kier molecular flexibility index (Phi) is 4.45. The molecule has 1 aliphatic rings. The molecule has 1 aromatic carbocycles. The monoisotopic (exact) mass is 319 g/mol. The van der Waals surface area contributed by atoms with E-state index in [1.54, 1.807) is 18.2 Å². The van der Waals surface area contributed by atoms with E-state index in [0.717, 1.165) is 31.5 Å². The molecular formula is C16H18ClN3O2. The lowest BCUT2D eigenvalue weighted by Gasteiger charge is -2.31. The van der Waals surface area contributed by atoms with Crippen molar-refractivity contribution in [1.82, 2.24) is 15.4 Å². The van der Waals surface area contributed by atoms with Crippen LogP contribution in [0.3, 0.4) is 0 Å². The number of rotatable bonds is 3. The average Bonchev–Trinajstić information content (AvgIpc) is 3.05. The minimum absolute atomic E-state index is 0.0708. The van der Waals surface area contributed by atoms with Crippen molar-refractivity contribution >= 4 is 17.5 Å². The Morgan fingerprint density at radius 3 is 2.64 bits per heavy atom. The van der Waals surface area contributed by atoms with Gasteiger partial charge >= 0.3 is 0 Å². The van der Waals surface area contributed by atoms with Crippen molar-refractivity contribution < 1.29 is 9.32 Å². The summed E-state index contributed by atoms with van der Waals surface area (Å²) in [5.41, 5.74) is 1.21. The van der Waals surface area contributed by atoms with Crippen LogP contribution in [-0.4, -0.2) is 42.1 Å². The summed E-state index contributed by atoms with van der Waals surface area (Å²) in [5, 5.41) is 7.82. The molecule has 22 heavy (non-hydrogen) atoms. The highest BCUT2D eigenvalue weighted by atomic mass is 35.5. The van der Waals surface area contributed by atoms with Crippen LogP contribution >= 0.6 is 11.6 Å². The van der Waals surface area contributed by atoms with Crippen molar-refractivity contribution in [3.63, 3.8) is 0 Å². The normalized spacial score (nSPS) is 16.0. The van der Waals surface area contributed by atoms with Gasteiger partial charge in [0, 0.05) is 35.8 Å². The van der Waals surface area contributed by atoms with Gasteiger partial charge in [-0.2, -0.15) is 0 Å². The first-order valence-electron chi connectivity index (χ1n) is 7.36. The zero-order chi connectivity index (χ0) is 15.5. The lowest BCUT2D eigenvalue weighted by molar-refractivity contribution is 0.0697. The standard InChI is InChI=1S/C16H18ClN3O2/c1-18-13-6-8-20(9-7-13)16(21)14-10-15(22-19-14)11-2-4-12(17)5-3-11/h2-5,10,13,18H,6-9H2,1H3. The molecule has 0 spiro atoms. The number of nitrogens with zero attached hydrogens (tertiary/aromatic N) is 2. The SMILES string of the molecule is CNC1CCN(C(=O)c2cc(-c3ccc(Cl)cc3)on2)CC1. The number of halogens is 1. The highest BCUT2D eigenvalue weighted by molar-refractivity contribution is 6.30. The van der Waals surface area contributed by atoms with Crippen molar-refractivity contribution in [2.24, 2.45) is 0 Å². The lowest BCUT2D eigenvalue weighted by atomic mass is 10.0. The Morgan fingerprint density at radius 2 is 2.00 bits per heavy atom. The molecule has 0 saturated carbocycles. The number of piperidine rings is 1. The molecule has 1 aromatic heterocycles. The molecule has 1 saturated heterocycles. The Morgan fingerprint density at radius 1 is 1.32 bits per heavy atom. The lowest BCUT2D eigenvalue weighted by Crippen LogP contribution is -2.44. The Hall–Kier alpha value is -1.85. The molecule has 3 rings (SSSR count). The van der Waals surface area contributed by atoms with Crippen LogP contribution in [0.2, 0.25) is 5.02 Å². The van der Waals surface area contributed by atoms with Crippen molar-refractivity contribution in [2.75, 3.05) is 20.1 Å². The van der Waals surface area contributed by atoms with Crippen molar-refractivity contribution in [1.29, 1.82) is 0 Å². The number of carbonyl (C=O) groups excluding carboxylic acids is 1. The summed E-state index contributed by atoms with van der Waals surface area (Å²) in [6, 6.07) is 9.43. The maximum atomic E-state index is 12.5. The summed E-state index contributed by atoms with van der Waals surface area (Å²) < 4.78 is 5.29. The van der Waals surface area contributed by atoms with Crippen molar-refractivity contribution in [2.45, 2.75) is 18.9 Å². The van der Waals surface area contributed by atoms with Crippen molar-refractivity contribution in [3.05, 3.63) is 41.0 Å². The van der Waals surface area contributed by atoms with E-state index >= 15 is 0 Å². The van der Waals surface area contributed by atoms with Gasteiger partial charge in [-0.3, -0.25) is 4.79 Å². The average molecular weight is 320 g/mol. The summed E-state index contributed by atoms with van der Waals surface area (Å²) in [6.07, 6.45) is 1.92. The van der Waals surface area contributed by atoms with Gasteiger partial charge < -0.3 is 14.7 Å². The summed E-state index contributed by atoms with van der Waals surface area (Å²) in [7, 11) is 1.96. The van der Waals surface area contributed by atoms with Crippen LogP contribution in [0.4, 0.5) is 0 Å². The van der Waals surface area contributed by atoms with Crippen LogP contribution in [0, 0.1) is 0 Å². The molecule has 116 valence electrons. The largest absolute Gasteiger partial charge is 0.355 e. The van der Waals surface area contributed by atoms with E-state index in [4.69, 9.17) is 16.1 Å². The molecule has 2 aromatic rings. The molecule has 0 radical (unpaired) electrons. The number of benzene rings is 1. The minimum Gasteiger partial charge on any atom is -0.355 e. The molecule has 1 N–H and O–H groups in total. The number of likely N-dealkylation sites (tertiary alicyclic amines) is 1. The van der Waals surface area contributed by atoms with Gasteiger partial charge in [-0.15, -0.1) is 0 Å². The number of aromatic nitrogens is 1. The molecule has 1 aliphatic heterocycles. The third kappa shape index (κ3) is 3.15. The number of amides is 1. The Balaban J connectivity index is 1.71. The number of hydrogen-bond donors (Lipinski definition) is 1. The van der Waals surface area contributed by atoms with E-state index in [-0.39, 0.29) is 5.91 Å². The molecule has 6 heteroatoms. The van der Waals surface area contributed by atoms with Crippen LogP contribution in [-0.2, 0) is 0 Å². The maximum absolute atomic E-state index is 12.5. The molecule has 0 atom stereocenters. The summed E-state index contributed by atoms with van der Waals surface area (Å²) in [5.74, 6) is 0.503. The van der Waals surface area contributed by atoms with Gasteiger partial charge in [0.15, 0.2) is 11.5 Å². The van der Waals surface area contributed by atoms with E-state index < -0.39 is 0 Å². The summed E-state index contributed by atoms with van der Waals surface area (Å²) in [6.45, 7) is 1.49. The second kappa shape index (κ2) is 6.50. The second-order valence-electron chi connectivity index (χ2n) is 5.44. The molecule has 0 bridgehead atoms. The molecule has 2 heterocycles. The fourth-order valence-electron chi connectivity index (χ4n) is 2.66. The fraction of sp³-hybridized carbons (Fsp3) is 0.375. The van der Waals surface area contributed by atoms with Crippen LogP contribution in [0.5, 0.6) is 0 Å². The number of carbonyl (C=O) groups is 1. The molecule has 1 fully saturated rings. The van der Waals surface area contributed by atoms with Crippen LogP contribution in [0.1, 0.15) is 23.3 Å². The first-order chi connectivity index (χ1) is 10.7. The van der Waals surface area contributed by atoms with Gasteiger partial charge in [-0.25, -0.2) is 0 Å². The van der Waals surface area contributed by atoms with Gasteiger partial charge in [-0.1, -0.05) is 16.8 Å². The van der Waals surface area contributed by atoms with E-state index in [9.17, 15) is 4.79 Å². The molecule has 1 amide bonds. The summed E-state index contributed by atoms with van der Waals surface area (Å²) >= 11 is 5.87. The van der Waals surface area contributed by atoms with E-state index in [1.165, 1.54) is 0 Å².